The zero-order valence-corrected chi connectivity index (χ0v) is 20.3. The largest absolute Gasteiger partial charge is 0.506 e. The number of carbonyl (C=O) groups excluding carboxylic acids is 2. The SMILES string of the molecule is CC(=O)Nc1ccccc1-c1ccc(C(=O)Nc2ccc(O)c(NS(=O)(=O)c3ccc(F)cc3)c2)cc1. The minimum Gasteiger partial charge on any atom is -0.506 e. The van der Waals surface area contributed by atoms with Gasteiger partial charge >= 0.3 is 0 Å². The molecule has 37 heavy (non-hydrogen) atoms. The van der Waals surface area contributed by atoms with Crippen LogP contribution in [0.15, 0.2) is 95.9 Å². The molecule has 188 valence electrons. The van der Waals surface area contributed by atoms with Crippen LogP contribution in [-0.4, -0.2) is 25.3 Å². The Morgan fingerprint density at radius 1 is 0.811 bits per heavy atom. The molecule has 8 nitrogen and oxygen atoms in total. The van der Waals surface area contributed by atoms with Gasteiger partial charge in [0.05, 0.1) is 10.6 Å². The Morgan fingerprint density at radius 2 is 1.49 bits per heavy atom. The lowest BCUT2D eigenvalue weighted by atomic mass is 10.0. The quantitative estimate of drug-likeness (QED) is 0.197. The Morgan fingerprint density at radius 3 is 2.16 bits per heavy atom. The van der Waals surface area contributed by atoms with Crippen molar-refractivity contribution >= 4 is 38.9 Å². The van der Waals surface area contributed by atoms with Crippen molar-refractivity contribution in [1.29, 1.82) is 0 Å². The van der Waals surface area contributed by atoms with Crippen LogP contribution in [0.2, 0.25) is 0 Å². The van der Waals surface area contributed by atoms with Crippen LogP contribution in [0, 0.1) is 5.82 Å². The normalized spacial score (nSPS) is 11.0. The molecule has 10 heteroatoms. The molecular weight excluding hydrogens is 497 g/mol. The number of phenolic OH excluding ortho intramolecular Hbond substituents is 1. The molecule has 2 amide bonds. The summed E-state index contributed by atoms with van der Waals surface area (Å²) >= 11 is 0. The van der Waals surface area contributed by atoms with Gasteiger partial charge in [-0.3, -0.25) is 14.3 Å². The number of hydrogen-bond acceptors (Lipinski definition) is 5. The van der Waals surface area contributed by atoms with Gasteiger partial charge in [-0.05, 0) is 66.2 Å². The van der Waals surface area contributed by atoms with E-state index in [4.69, 9.17) is 0 Å². The van der Waals surface area contributed by atoms with Crippen molar-refractivity contribution < 1.29 is 27.5 Å². The van der Waals surface area contributed by atoms with Gasteiger partial charge in [0.2, 0.25) is 5.91 Å². The Balaban J connectivity index is 1.51. The van der Waals surface area contributed by atoms with Gasteiger partial charge in [0.15, 0.2) is 0 Å². The van der Waals surface area contributed by atoms with Crippen molar-refractivity contribution in [2.75, 3.05) is 15.4 Å². The van der Waals surface area contributed by atoms with Crippen LogP contribution in [0.3, 0.4) is 0 Å². The van der Waals surface area contributed by atoms with Crippen molar-refractivity contribution in [2.45, 2.75) is 11.8 Å². The highest BCUT2D eigenvalue weighted by Gasteiger charge is 2.17. The zero-order chi connectivity index (χ0) is 26.6. The maximum atomic E-state index is 13.1. The Hall–Kier alpha value is -4.70. The average molecular weight is 520 g/mol. The summed E-state index contributed by atoms with van der Waals surface area (Å²) < 4.78 is 40.6. The van der Waals surface area contributed by atoms with Crippen LogP contribution in [0.25, 0.3) is 11.1 Å². The van der Waals surface area contributed by atoms with Gasteiger partial charge in [0, 0.05) is 29.4 Å². The molecule has 0 aliphatic carbocycles. The second-order valence-corrected chi connectivity index (χ2v) is 9.73. The highest BCUT2D eigenvalue weighted by Crippen LogP contribution is 2.30. The summed E-state index contributed by atoms with van der Waals surface area (Å²) in [6, 6.07) is 22.1. The lowest BCUT2D eigenvalue weighted by Crippen LogP contribution is -2.14. The first kappa shape index (κ1) is 25.4. The number of carbonyl (C=O) groups is 2. The van der Waals surface area contributed by atoms with E-state index in [-0.39, 0.29) is 27.9 Å². The number of rotatable bonds is 7. The number of halogens is 1. The predicted octanol–water partition coefficient (Wildman–Crippen LogP) is 5.21. The topological polar surface area (TPSA) is 125 Å². The van der Waals surface area contributed by atoms with Gasteiger partial charge in [-0.2, -0.15) is 0 Å². The predicted molar refractivity (Wildman–Crippen MR) is 139 cm³/mol. The number of phenols is 1. The van der Waals surface area contributed by atoms with E-state index in [9.17, 15) is 27.5 Å². The number of aromatic hydroxyl groups is 1. The number of amides is 2. The molecule has 4 aromatic carbocycles. The molecule has 0 radical (unpaired) electrons. The van der Waals surface area contributed by atoms with Crippen molar-refractivity contribution in [2.24, 2.45) is 0 Å². The molecule has 0 fully saturated rings. The maximum Gasteiger partial charge on any atom is 0.262 e. The van der Waals surface area contributed by atoms with E-state index in [1.165, 1.54) is 25.1 Å². The fourth-order valence-corrected chi connectivity index (χ4v) is 4.62. The van der Waals surface area contributed by atoms with Crippen LogP contribution < -0.4 is 15.4 Å². The minimum atomic E-state index is -4.11. The number of nitrogens with one attached hydrogen (secondary N) is 3. The Kier molecular flexibility index (Phi) is 7.21. The third-order valence-electron chi connectivity index (χ3n) is 5.32. The number of hydrogen-bond donors (Lipinski definition) is 4. The Labute approximate surface area is 212 Å². The molecule has 0 saturated carbocycles. The second-order valence-electron chi connectivity index (χ2n) is 8.05. The third-order valence-corrected chi connectivity index (χ3v) is 6.70. The summed E-state index contributed by atoms with van der Waals surface area (Å²) in [5.74, 6) is -1.60. The van der Waals surface area contributed by atoms with Crippen LogP contribution in [0.1, 0.15) is 17.3 Å². The molecule has 0 aliphatic rings. The van der Waals surface area contributed by atoms with Crippen LogP contribution in [-0.2, 0) is 14.8 Å². The van der Waals surface area contributed by atoms with Crippen molar-refractivity contribution in [3.05, 3.63) is 102 Å². The molecule has 4 aromatic rings. The monoisotopic (exact) mass is 519 g/mol. The molecule has 0 saturated heterocycles. The van der Waals surface area contributed by atoms with E-state index in [0.717, 1.165) is 35.4 Å². The molecule has 0 unspecified atom stereocenters. The summed E-state index contributed by atoms with van der Waals surface area (Å²) in [5.41, 5.74) is 2.64. The average Bonchev–Trinajstić information content (AvgIpc) is 2.86. The van der Waals surface area contributed by atoms with Crippen LogP contribution >= 0.6 is 0 Å². The molecule has 0 aromatic heterocycles. The van der Waals surface area contributed by atoms with E-state index < -0.39 is 21.7 Å². The molecule has 0 bridgehead atoms. The molecule has 0 spiro atoms. The lowest BCUT2D eigenvalue weighted by molar-refractivity contribution is -0.114. The standard InChI is InChI=1S/C27H22FN3O5S/c1-17(32)29-24-5-3-2-4-23(24)18-6-8-19(9-7-18)27(34)30-21-12-15-26(33)25(16-21)31-37(35,36)22-13-10-20(28)11-14-22/h2-16,31,33H,1H3,(H,29,32)(H,30,34). The van der Waals surface area contributed by atoms with Crippen LogP contribution in [0.4, 0.5) is 21.5 Å². The van der Waals surface area contributed by atoms with Gasteiger partial charge < -0.3 is 15.7 Å². The second kappa shape index (κ2) is 10.5. The highest BCUT2D eigenvalue weighted by atomic mass is 32.2. The number of anilines is 3. The van der Waals surface area contributed by atoms with Gasteiger partial charge in [0.25, 0.3) is 15.9 Å². The van der Waals surface area contributed by atoms with E-state index in [1.807, 2.05) is 18.2 Å². The number of benzene rings is 4. The van der Waals surface area contributed by atoms with E-state index >= 15 is 0 Å². The summed E-state index contributed by atoms with van der Waals surface area (Å²) in [6.45, 7) is 1.42. The van der Waals surface area contributed by atoms with E-state index in [0.29, 0.717) is 11.3 Å². The minimum absolute atomic E-state index is 0.160. The number of sulfonamides is 1. The number of para-hydroxylation sites is 1. The zero-order valence-electron chi connectivity index (χ0n) is 19.5. The molecule has 0 heterocycles. The van der Waals surface area contributed by atoms with Crippen LogP contribution in [0.5, 0.6) is 5.75 Å². The molecule has 0 atom stereocenters. The van der Waals surface area contributed by atoms with E-state index in [1.54, 1.807) is 30.3 Å². The van der Waals surface area contributed by atoms with Crippen molar-refractivity contribution in [3.63, 3.8) is 0 Å². The van der Waals surface area contributed by atoms with Gasteiger partial charge in [0.1, 0.15) is 11.6 Å². The van der Waals surface area contributed by atoms with Gasteiger partial charge in [-0.25, -0.2) is 12.8 Å². The summed E-state index contributed by atoms with van der Waals surface area (Å²) in [5, 5.41) is 15.6. The maximum absolute atomic E-state index is 13.1. The first-order chi connectivity index (χ1) is 17.6. The van der Waals surface area contributed by atoms with Crippen molar-refractivity contribution in [3.8, 4) is 16.9 Å². The molecule has 4 N–H and O–H groups in total. The smallest absolute Gasteiger partial charge is 0.262 e. The fraction of sp³-hybridized carbons (Fsp3) is 0.0370. The fourth-order valence-electron chi connectivity index (χ4n) is 3.55. The molecule has 0 aliphatic heterocycles. The summed E-state index contributed by atoms with van der Waals surface area (Å²) in [7, 11) is -4.11. The first-order valence-corrected chi connectivity index (χ1v) is 12.5. The van der Waals surface area contributed by atoms with Gasteiger partial charge in [-0.15, -0.1) is 0 Å². The lowest BCUT2D eigenvalue weighted by Gasteiger charge is -2.13. The third kappa shape index (κ3) is 6.11. The molecular formula is C27H22FN3O5S. The first-order valence-electron chi connectivity index (χ1n) is 11.0. The van der Waals surface area contributed by atoms with Gasteiger partial charge in [-0.1, -0.05) is 30.3 Å². The van der Waals surface area contributed by atoms with Crippen molar-refractivity contribution in [1.82, 2.24) is 0 Å². The summed E-state index contributed by atoms with van der Waals surface area (Å²) in [4.78, 5) is 24.1. The Bertz CT molecular complexity index is 1570. The highest BCUT2D eigenvalue weighted by molar-refractivity contribution is 7.92. The van der Waals surface area contributed by atoms with E-state index in [2.05, 4.69) is 15.4 Å². The molecule has 4 rings (SSSR count). The summed E-state index contributed by atoms with van der Waals surface area (Å²) in [6.07, 6.45) is 0.